The number of urea groups is 1. The minimum atomic E-state index is -0.912. The standard InChI is InChI=1S/C20H20FN3O4/c1-22-20(27)23-14-8-6-12(7-9-14)18(25)24-11-13-4-3-5-16(21)15(13)10-17(24)19(26)28-2/h3-9,17H,10-11H2,1-2H3,(H2,22,23,27). The number of hydrogen-bond donors (Lipinski definition) is 2. The SMILES string of the molecule is CNC(=O)Nc1ccc(C(=O)N2Cc3cccc(F)c3CC2C(=O)OC)cc1. The number of nitrogens with one attached hydrogen (secondary N) is 2. The number of esters is 1. The number of rotatable bonds is 3. The molecule has 1 aliphatic heterocycles. The molecular formula is C20H20FN3O4. The Balaban J connectivity index is 1.88. The van der Waals surface area contributed by atoms with Gasteiger partial charge in [-0.3, -0.25) is 4.79 Å². The average molecular weight is 385 g/mol. The molecular weight excluding hydrogens is 365 g/mol. The second-order valence-electron chi connectivity index (χ2n) is 6.34. The Morgan fingerprint density at radius 1 is 1.14 bits per heavy atom. The summed E-state index contributed by atoms with van der Waals surface area (Å²) >= 11 is 0. The van der Waals surface area contributed by atoms with Gasteiger partial charge in [0, 0.05) is 31.3 Å². The highest BCUT2D eigenvalue weighted by atomic mass is 19.1. The van der Waals surface area contributed by atoms with Crippen molar-refractivity contribution in [2.24, 2.45) is 0 Å². The van der Waals surface area contributed by atoms with E-state index < -0.39 is 17.8 Å². The van der Waals surface area contributed by atoms with Gasteiger partial charge < -0.3 is 20.3 Å². The Kier molecular flexibility index (Phi) is 5.58. The first-order chi connectivity index (χ1) is 13.4. The van der Waals surface area contributed by atoms with Crippen LogP contribution in [0.1, 0.15) is 21.5 Å². The molecule has 2 aromatic rings. The van der Waals surface area contributed by atoms with Crippen LogP contribution in [0, 0.1) is 5.82 Å². The van der Waals surface area contributed by atoms with Crippen LogP contribution in [0.2, 0.25) is 0 Å². The normalized spacial score (nSPS) is 15.4. The van der Waals surface area contributed by atoms with E-state index in [1.54, 1.807) is 36.4 Å². The number of nitrogens with zero attached hydrogens (tertiary/aromatic N) is 1. The molecule has 1 heterocycles. The van der Waals surface area contributed by atoms with Gasteiger partial charge in [-0.05, 0) is 41.5 Å². The molecule has 0 spiro atoms. The van der Waals surface area contributed by atoms with E-state index >= 15 is 0 Å². The van der Waals surface area contributed by atoms with Crippen LogP contribution in [0.3, 0.4) is 0 Å². The van der Waals surface area contributed by atoms with Crippen molar-refractivity contribution >= 4 is 23.6 Å². The summed E-state index contributed by atoms with van der Waals surface area (Å²) in [7, 11) is 2.73. The lowest BCUT2D eigenvalue weighted by atomic mass is 9.92. The first-order valence-electron chi connectivity index (χ1n) is 8.68. The molecule has 28 heavy (non-hydrogen) atoms. The van der Waals surface area contributed by atoms with Gasteiger partial charge in [0.15, 0.2) is 0 Å². The molecule has 1 atom stereocenters. The summed E-state index contributed by atoms with van der Waals surface area (Å²) in [6.45, 7) is 0.101. The maximum absolute atomic E-state index is 14.1. The lowest BCUT2D eigenvalue weighted by Crippen LogP contribution is -2.49. The van der Waals surface area contributed by atoms with E-state index in [2.05, 4.69) is 10.6 Å². The van der Waals surface area contributed by atoms with Gasteiger partial charge in [0.05, 0.1) is 7.11 Å². The molecule has 0 saturated carbocycles. The van der Waals surface area contributed by atoms with Gasteiger partial charge in [-0.2, -0.15) is 0 Å². The van der Waals surface area contributed by atoms with Gasteiger partial charge >= 0.3 is 12.0 Å². The van der Waals surface area contributed by atoms with Crippen molar-refractivity contribution in [2.75, 3.05) is 19.5 Å². The number of carbonyl (C=O) groups excluding carboxylic acids is 3. The molecule has 1 unspecified atom stereocenters. The van der Waals surface area contributed by atoms with Crippen molar-refractivity contribution in [2.45, 2.75) is 19.0 Å². The van der Waals surface area contributed by atoms with Gasteiger partial charge in [-0.25, -0.2) is 14.0 Å². The highest BCUT2D eigenvalue weighted by Gasteiger charge is 2.36. The number of carbonyl (C=O) groups is 3. The smallest absolute Gasteiger partial charge is 0.328 e. The zero-order chi connectivity index (χ0) is 20.3. The topological polar surface area (TPSA) is 87.7 Å². The number of amides is 3. The summed E-state index contributed by atoms with van der Waals surface area (Å²) in [6, 6.07) is 9.66. The first-order valence-corrected chi connectivity index (χ1v) is 8.68. The minimum Gasteiger partial charge on any atom is -0.467 e. The van der Waals surface area contributed by atoms with Crippen LogP contribution in [0.15, 0.2) is 42.5 Å². The fourth-order valence-electron chi connectivity index (χ4n) is 3.19. The van der Waals surface area contributed by atoms with Crippen molar-refractivity contribution in [1.29, 1.82) is 0 Å². The number of halogens is 1. The largest absolute Gasteiger partial charge is 0.467 e. The van der Waals surface area contributed by atoms with Gasteiger partial charge in [-0.15, -0.1) is 0 Å². The molecule has 0 bridgehead atoms. The van der Waals surface area contributed by atoms with Crippen LogP contribution in [0.5, 0.6) is 0 Å². The van der Waals surface area contributed by atoms with E-state index in [1.807, 2.05) is 0 Å². The molecule has 1 aliphatic rings. The van der Waals surface area contributed by atoms with E-state index in [0.717, 1.165) is 0 Å². The monoisotopic (exact) mass is 385 g/mol. The van der Waals surface area contributed by atoms with Gasteiger partial charge in [-0.1, -0.05) is 12.1 Å². The molecule has 146 valence electrons. The van der Waals surface area contributed by atoms with Gasteiger partial charge in [0.25, 0.3) is 5.91 Å². The Bertz CT molecular complexity index is 914. The van der Waals surface area contributed by atoms with E-state index in [0.29, 0.717) is 22.4 Å². The molecule has 0 fully saturated rings. The molecule has 3 rings (SSSR count). The Morgan fingerprint density at radius 3 is 2.50 bits per heavy atom. The van der Waals surface area contributed by atoms with E-state index in [4.69, 9.17) is 4.74 Å². The molecule has 0 radical (unpaired) electrons. The highest BCUT2D eigenvalue weighted by molar-refractivity contribution is 5.98. The van der Waals surface area contributed by atoms with E-state index in [9.17, 15) is 18.8 Å². The predicted octanol–water partition coefficient (Wildman–Crippen LogP) is 2.32. The molecule has 8 heteroatoms. The molecule has 7 nitrogen and oxygen atoms in total. The van der Waals surface area contributed by atoms with Crippen LogP contribution >= 0.6 is 0 Å². The van der Waals surface area contributed by atoms with E-state index in [1.165, 1.54) is 25.1 Å². The van der Waals surface area contributed by atoms with Gasteiger partial charge in [0.1, 0.15) is 11.9 Å². The summed E-state index contributed by atoms with van der Waals surface area (Å²) in [6.07, 6.45) is 0.0523. The van der Waals surface area contributed by atoms with Crippen LogP contribution in [0.25, 0.3) is 0 Å². The number of ether oxygens (including phenoxy) is 1. The predicted molar refractivity (Wildman–Crippen MR) is 100 cm³/mol. The lowest BCUT2D eigenvalue weighted by Gasteiger charge is -2.35. The van der Waals surface area contributed by atoms with Crippen molar-refractivity contribution < 1.29 is 23.5 Å². The molecule has 0 aliphatic carbocycles. The van der Waals surface area contributed by atoms with E-state index in [-0.39, 0.29) is 24.9 Å². The number of benzene rings is 2. The second-order valence-corrected chi connectivity index (χ2v) is 6.34. The fraction of sp³-hybridized carbons (Fsp3) is 0.250. The molecule has 0 saturated heterocycles. The second kappa shape index (κ2) is 8.08. The van der Waals surface area contributed by atoms with Crippen LogP contribution < -0.4 is 10.6 Å². The summed E-state index contributed by atoms with van der Waals surface area (Å²) in [5.74, 6) is -1.37. The summed E-state index contributed by atoms with van der Waals surface area (Å²) in [5, 5.41) is 5.04. The third kappa shape index (κ3) is 3.80. The number of methoxy groups -OCH3 is 1. The zero-order valence-electron chi connectivity index (χ0n) is 15.5. The van der Waals surface area contributed by atoms with Crippen molar-refractivity contribution in [1.82, 2.24) is 10.2 Å². The summed E-state index contributed by atoms with van der Waals surface area (Å²) < 4.78 is 19.0. The van der Waals surface area contributed by atoms with Gasteiger partial charge in [0.2, 0.25) is 0 Å². The van der Waals surface area contributed by atoms with Crippen molar-refractivity contribution in [3.8, 4) is 0 Å². The summed E-state index contributed by atoms with van der Waals surface area (Å²) in [5.41, 5.74) is 1.95. The fourth-order valence-corrected chi connectivity index (χ4v) is 3.19. The minimum absolute atomic E-state index is 0.0523. The van der Waals surface area contributed by atoms with Crippen LogP contribution in [-0.2, 0) is 22.5 Å². The Labute approximate surface area is 161 Å². The first kappa shape index (κ1) is 19.3. The Morgan fingerprint density at radius 2 is 1.86 bits per heavy atom. The van der Waals surface area contributed by atoms with Crippen molar-refractivity contribution in [3.63, 3.8) is 0 Å². The average Bonchev–Trinajstić information content (AvgIpc) is 2.72. The quantitative estimate of drug-likeness (QED) is 0.794. The number of anilines is 1. The van der Waals surface area contributed by atoms with Crippen LogP contribution in [-0.4, -0.2) is 43.0 Å². The third-order valence-electron chi connectivity index (χ3n) is 4.68. The molecule has 2 aromatic carbocycles. The molecule has 2 N–H and O–H groups in total. The Hall–Kier alpha value is -3.42. The lowest BCUT2D eigenvalue weighted by molar-refractivity contribution is -0.146. The molecule has 0 aromatic heterocycles. The maximum Gasteiger partial charge on any atom is 0.328 e. The number of fused-ring (bicyclic) bond motifs is 1. The summed E-state index contributed by atoms with van der Waals surface area (Å²) in [4.78, 5) is 38.0. The van der Waals surface area contributed by atoms with Crippen LogP contribution in [0.4, 0.5) is 14.9 Å². The number of hydrogen-bond acceptors (Lipinski definition) is 4. The zero-order valence-corrected chi connectivity index (χ0v) is 15.5. The maximum atomic E-state index is 14.1. The molecule has 3 amide bonds. The van der Waals surface area contributed by atoms with Crippen molar-refractivity contribution in [3.05, 3.63) is 65.0 Å². The highest BCUT2D eigenvalue weighted by Crippen LogP contribution is 2.28. The third-order valence-corrected chi connectivity index (χ3v) is 4.68.